The first-order chi connectivity index (χ1) is 10.2. The quantitative estimate of drug-likeness (QED) is 0.754. The van der Waals surface area contributed by atoms with Crippen molar-refractivity contribution in [3.63, 3.8) is 0 Å². The second kappa shape index (κ2) is 7.90. The van der Waals surface area contributed by atoms with E-state index in [0.717, 1.165) is 62.4 Å². The molecule has 5 heteroatoms. The Labute approximate surface area is 131 Å². The summed E-state index contributed by atoms with van der Waals surface area (Å²) in [7, 11) is 0. The fraction of sp³-hybridized carbons (Fsp3) is 0.750. The van der Waals surface area contributed by atoms with E-state index >= 15 is 0 Å². The Bertz CT molecular complexity index is 463. The SMILES string of the molecule is CCCN(CCC)CCc1nc(C2CCC2)c(C(=O)O)s1. The van der Waals surface area contributed by atoms with Crippen molar-refractivity contribution >= 4 is 17.3 Å². The summed E-state index contributed by atoms with van der Waals surface area (Å²) < 4.78 is 0. The lowest BCUT2D eigenvalue weighted by Crippen LogP contribution is -2.27. The largest absolute Gasteiger partial charge is 0.477 e. The number of hydrogen-bond acceptors (Lipinski definition) is 4. The van der Waals surface area contributed by atoms with Crippen molar-refractivity contribution < 1.29 is 9.90 Å². The zero-order valence-electron chi connectivity index (χ0n) is 13.1. The molecule has 0 atom stereocenters. The van der Waals surface area contributed by atoms with Gasteiger partial charge >= 0.3 is 5.97 Å². The summed E-state index contributed by atoms with van der Waals surface area (Å²) in [5.74, 6) is -0.414. The average Bonchev–Trinajstić information content (AvgIpc) is 2.78. The molecular formula is C16H26N2O2S. The predicted octanol–water partition coefficient (Wildman–Crippen LogP) is 3.77. The number of carboxylic acid groups (broad SMARTS) is 1. The van der Waals surface area contributed by atoms with Gasteiger partial charge in [-0.3, -0.25) is 0 Å². The molecule has 0 unspecified atom stereocenters. The number of carboxylic acids is 1. The van der Waals surface area contributed by atoms with Crippen LogP contribution in [0, 0.1) is 0 Å². The zero-order chi connectivity index (χ0) is 15.2. The highest BCUT2D eigenvalue weighted by Crippen LogP contribution is 2.39. The lowest BCUT2D eigenvalue weighted by Gasteiger charge is -2.24. The molecule has 0 radical (unpaired) electrons. The molecule has 0 saturated heterocycles. The minimum Gasteiger partial charge on any atom is -0.477 e. The van der Waals surface area contributed by atoms with Crippen LogP contribution in [0.15, 0.2) is 0 Å². The van der Waals surface area contributed by atoms with Gasteiger partial charge in [0.1, 0.15) is 4.88 Å². The van der Waals surface area contributed by atoms with Crippen LogP contribution in [0.3, 0.4) is 0 Å². The molecule has 1 aliphatic rings. The first kappa shape index (κ1) is 16.4. The standard InChI is InChI=1S/C16H26N2O2S/c1-3-9-18(10-4-2)11-8-13-17-14(12-6-5-7-12)15(21-13)16(19)20/h12H,3-11H2,1-2H3,(H,19,20). The van der Waals surface area contributed by atoms with Gasteiger partial charge in [0, 0.05) is 18.9 Å². The van der Waals surface area contributed by atoms with Crippen molar-refractivity contribution in [1.82, 2.24) is 9.88 Å². The van der Waals surface area contributed by atoms with E-state index in [9.17, 15) is 9.90 Å². The van der Waals surface area contributed by atoms with Gasteiger partial charge in [-0.25, -0.2) is 9.78 Å². The Morgan fingerprint density at radius 2 is 1.95 bits per heavy atom. The van der Waals surface area contributed by atoms with E-state index in [1.807, 2.05) is 0 Å². The van der Waals surface area contributed by atoms with Crippen LogP contribution in [0.4, 0.5) is 0 Å². The minimum atomic E-state index is -0.806. The van der Waals surface area contributed by atoms with E-state index in [-0.39, 0.29) is 0 Å². The number of carbonyl (C=O) groups is 1. The molecule has 1 aliphatic carbocycles. The highest BCUT2D eigenvalue weighted by molar-refractivity contribution is 7.13. The van der Waals surface area contributed by atoms with Crippen LogP contribution in [0.5, 0.6) is 0 Å². The molecular weight excluding hydrogens is 284 g/mol. The van der Waals surface area contributed by atoms with E-state index in [0.29, 0.717) is 10.8 Å². The molecule has 1 fully saturated rings. The van der Waals surface area contributed by atoms with E-state index in [1.54, 1.807) is 0 Å². The van der Waals surface area contributed by atoms with Gasteiger partial charge < -0.3 is 10.0 Å². The van der Waals surface area contributed by atoms with Crippen LogP contribution >= 0.6 is 11.3 Å². The first-order valence-electron chi connectivity index (χ1n) is 8.10. The van der Waals surface area contributed by atoms with E-state index in [1.165, 1.54) is 17.8 Å². The summed E-state index contributed by atoms with van der Waals surface area (Å²) in [6.45, 7) is 7.60. The number of thiazole rings is 1. The summed E-state index contributed by atoms with van der Waals surface area (Å²) in [4.78, 5) is 19.0. The van der Waals surface area contributed by atoms with E-state index < -0.39 is 5.97 Å². The molecule has 1 saturated carbocycles. The lowest BCUT2D eigenvalue weighted by molar-refractivity contribution is 0.0699. The fourth-order valence-electron chi connectivity index (χ4n) is 2.82. The van der Waals surface area contributed by atoms with Crippen LogP contribution in [0.1, 0.15) is 72.2 Å². The number of aromatic carboxylic acids is 1. The molecule has 1 aromatic heterocycles. The number of aromatic nitrogens is 1. The second-order valence-corrected chi connectivity index (χ2v) is 6.93. The van der Waals surface area contributed by atoms with Crippen molar-refractivity contribution in [2.75, 3.05) is 19.6 Å². The second-order valence-electron chi connectivity index (χ2n) is 5.85. The maximum Gasteiger partial charge on any atom is 0.347 e. The third-order valence-electron chi connectivity index (χ3n) is 4.11. The lowest BCUT2D eigenvalue weighted by atomic mass is 9.82. The van der Waals surface area contributed by atoms with Gasteiger partial charge in [-0.1, -0.05) is 20.3 Å². The molecule has 0 aromatic carbocycles. The van der Waals surface area contributed by atoms with Crippen molar-refractivity contribution in [2.45, 2.75) is 58.3 Å². The van der Waals surface area contributed by atoms with Crippen LogP contribution in [-0.4, -0.2) is 40.6 Å². The Kier molecular flexibility index (Phi) is 6.18. The predicted molar refractivity (Wildman–Crippen MR) is 86.4 cm³/mol. The van der Waals surface area contributed by atoms with Gasteiger partial charge in [0.05, 0.1) is 10.7 Å². The molecule has 0 amide bonds. The van der Waals surface area contributed by atoms with E-state index in [2.05, 4.69) is 23.7 Å². The van der Waals surface area contributed by atoms with Gasteiger partial charge in [0.25, 0.3) is 0 Å². The molecule has 4 nitrogen and oxygen atoms in total. The van der Waals surface area contributed by atoms with Gasteiger partial charge in [-0.15, -0.1) is 11.3 Å². The highest BCUT2D eigenvalue weighted by atomic mass is 32.1. The minimum absolute atomic E-state index is 0.392. The van der Waals surface area contributed by atoms with Crippen LogP contribution < -0.4 is 0 Å². The topological polar surface area (TPSA) is 53.4 Å². The summed E-state index contributed by atoms with van der Waals surface area (Å²) in [5, 5.41) is 10.3. The first-order valence-corrected chi connectivity index (χ1v) is 8.92. The molecule has 0 bridgehead atoms. The van der Waals surface area contributed by atoms with E-state index in [4.69, 9.17) is 0 Å². The Balaban J connectivity index is 2.00. The molecule has 21 heavy (non-hydrogen) atoms. The molecule has 2 rings (SSSR count). The summed E-state index contributed by atoms with van der Waals surface area (Å²) in [6, 6.07) is 0. The highest BCUT2D eigenvalue weighted by Gasteiger charge is 2.28. The summed E-state index contributed by atoms with van der Waals surface area (Å²) >= 11 is 1.39. The van der Waals surface area contributed by atoms with Gasteiger partial charge in [-0.2, -0.15) is 0 Å². The zero-order valence-corrected chi connectivity index (χ0v) is 13.9. The Morgan fingerprint density at radius 3 is 2.43 bits per heavy atom. The Morgan fingerprint density at radius 1 is 1.29 bits per heavy atom. The third kappa shape index (κ3) is 4.27. The van der Waals surface area contributed by atoms with Crippen molar-refractivity contribution in [2.24, 2.45) is 0 Å². The normalized spacial score (nSPS) is 15.4. The van der Waals surface area contributed by atoms with Crippen molar-refractivity contribution in [1.29, 1.82) is 0 Å². The monoisotopic (exact) mass is 310 g/mol. The van der Waals surface area contributed by atoms with Crippen molar-refractivity contribution in [3.8, 4) is 0 Å². The molecule has 0 spiro atoms. The third-order valence-corrected chi connectivity index (χ3v) is 5.22. The van der Waals surface area contributed by atoms with Gasteiger partial charge in [0.2, 0.25) is 0 Å². The summed E-state index contributed by atoms with van der Waals surface area (Å²) in [5.41, 5.74) is 0.853. The van der Waals surface area contributed by atoms with Crippen LogP contribution in [0.2, 0.25) is 0 Å². The molecule has 0 aliphatic heterocycles. The molecule has 1 N–H and O–H groups in total. The van der Waals surface area contributed by atoms with Crippen molar-refractivity contribution in [3.05, 3.63) is 15.6 Å². The van der Waals surface area contributed by atoms with Gasteiger partial charge in [-0.05, 0) is 38.8 Å². The molecule has 1 aromatic rings. The van der Waals surface area contributed by atoms with Gasteiger partial charge in [0.15, 0.2) is 0 Å². The molecule has 1 heterocycles. The molecule has 118 valence electrons. The Hall–Kier alpha value is -0.940. The number of nitrogens with zero attached hydrogens (tertiary/aromatic N) is 2. The van der Waals surface area contributed by atoms with Crippen LogP contribution in [0.25, 0.3) is 0 Å². The maximum absolute atomic E-state index is 11.4. The number of hydrogen-bond donors (Lipinski definition) is 1. The van der Waals surface area contributed by atoms with Crippen LogP contribution in [-0.2, 0) is 6.42 Å². The fourth-order valence-corrected chi connectivity index (χ4v) is 3.80. The summed E-state index contributed by atoms with van der Waals surface area (Å²) in [6.07, 6.45) is 6.59. The maximum atomic E-state index is 11.4. The smallest absolute Gasteiger partial charge is 0.347 e. The number of rotatable bonds is 9. The average molecular weight is 310 g/mol.